The zero-order valence-corrected chi connectivity index (χ0v) is 9.82. The van der Waals surface area contributed by atoms with Gasteiger partial charge in [-0.3, -0.25) is 9.69 Å². The Morgan fingerprint density at radius 2 is 2.12 bits per heavy atom. The van der Waals surface area contributed by atoms with Crippen molar-refractivity contribution >= 4 is 17.5 Å². The molecule has 1 aromatic heterocycles. The predicted octanol–water partition coefficient (Wildman–Crippen LogP) is 1.16. The first-order valence-corrected chi connectivity index (χ1v) is 5.91. The lowest BCUT2D eigenvalue weighted by atomic mass is 10.3. The molecule has 1 aliphatic rings. The van der Waals surface area contributed by atoms with Gasteiger partial charge in [0.15, 0.2) is 0 Å². The van der Waals surface area contributed by atoms with Crippen molar-refractivity contribution in [1.82, 2.24) is 9.80 Å². The summed E-state index contributed by atoms with van der Waals surface area (Å²) in [4.78, 5) is 15.4. The number of halogens is 1. The molecule has 4 nitrogen and oxygen atoms in total. The van der Waals surface area contributed by atoms with Gasteiger partial charge in [-0.2, -0.15) is 0 Å². The quantitative estimate of drug-likeness (QED) is 0.747. The van der Waals surface area contributed by atoms with E-state index in [2.05, 4.69) is 4.90 Å². The molecular weight excluding hydrogens is 228 g/mol. The fraction of sp³-hybridized carbons (Fsp3) is 0.545. The third-order valence-corrected chi connectivity index (χ3v) is 3.03. The molecular formula is C11H15ClN2O2. The van der Waals surface area contributed by atoms with Gasteiger partial charge >= 0.3 is 0 Å². The van der Waals surface area contributed by atoms with Gasteiger partial charge in [-0.05, 0) is 12.1 Å². The molecule has 0 radical (unpaired) electrons. The minimum atomic E-state index is 0.0271. The molecule has 0 aliphatic carbocycles. The lowest BCUT2D eigenvalue weighted by Crippen LogP contribution is -2.48. The van der Waals surface area contributed by atoms with Crippen molar-refractivity contribution in [2.24, 2.45) is 0 Å². The zero-order chi connectivity index (χ0) is 11.4. The number of piperazine rings is 1. The van der Waals surface area contributed by atoms with Gasteiger partial charge in [0, 0.05) is 26.2 Å². The molecule has 0 atom stereocenters. The second kappa shape index (κ2) is 5.37. The number of hydrogen-bond donors (Lipinski definition) is 0. The Hall–Kier alpha value is -1.00. The van der Waals surface area contributed by atoms with E-state index in [9.17, 15) is 4.79 Å². The molecule has 0 unspecified atom stereocenters. The van der Waals surface area contributed by atoms with Gasteiger partial charge in [-0.25, -0.2) is 0 Å². The van der Waals surface area contributed by atoms with Crippen LogP contribution in [0, 0.1) is 0 Å². The monoisotopic (exact) mass is 242 g/mol. The number of furan rings is 1. The highest BCUT2D eigenvalue weighted by Gasteiger charge is 2.20. The summed E-state index contributed by atoms with van der Waals surface area (Å²) in [6, 6.07) is 3.86. The Kier molecular flexibility index (Phi) is 3.85. The summed E-state index contributed by atoms with van der Waals surface area (Å²) in [5.74, 6) is 1.08. The molecule has 0 spiro atoms. The first-order chi connectivity index (χ1) is 7.79. The van der Waals surface area contributed by atoms with E-state index in [1.54, 1.807) is 6.26 Å². The Morgan fingerprint density at radius 3 is 2.69 bits per heavy atom. The van der Waals surface area contributed by atoms with Crippen molar-refractivity contribution in [3.8, 4) is 0 Å². The highest BCUT2D eigenvalue weighted by Crippen LogP contribution is 2.09. The van der Waals surface area contributed by atoms with E-state index >= 15 is 0 Å². The largest absolute Gasteiger partial charge is 0.468 e. The molecule has 5 heteroatoms. The number of amides is 1. The van der Waals surface area contributed by atoms with E-state index in [1.807, 2.05) is 17.0 Å². The SMILES string of the molecule is O=C(CCl)N1CCN(Cc2ccco2)CC1. The number of alkyl halides is 1. The Morgan fingerprint density at radius 1 is 1.38 bits per heavy atom. The molecule has 0 bridgehead atoms. The van der Waals surface area contributed by atoms with Crippen molar-refractivity contribution in [3.63, 3.8) is 0 Å². The van der Waals surface area contributed by atoms with Gasteiger partial charge < -0.3 is 9.32 Å². The fourth-order valence-electron chi connectivity index (χ4n) is 1.86. The van der Waals surface area contributed by atoms with Crippen LogP contribution in [0.1, 0.15) is 5.76 Å². The van der Waals surface area contributed by atoms with Crippen molar-refractivity contribution < 1.29 is 9.21 Å². The van der Waals surface area contributed by atoms with Gasteiger partial charge in [0.05, 0.1) is 12.8 Å². The Labute approximate surface area is 99.8 Å². The van der Waals surface area contributed by atoms with E-state index < -0.39 is 0 Å². The maximum atomic E-state index is 11.3. The van der Waals surface area contributed by atoms with Crippen LogP contribution < -0.4 is 0 Å². The van der Waals surface area contributed by atoms with E-state index in [-0.39, 0.29) is 11.8 Å². The normalized spacial score (nSPS) is 17.7. The summed E-state index contributed by atoms with van der Waals surface area (Å²) in [5.41, 5.74) is 0. The summed E-state index contributed by atoms with van der Waals surface area (Å²) < 4.78 is 5.29. The molecule has 1 fully saturated rings. The Bertz CT molecular complexity index is 332. The molecule has 1 aromatic rings. The summed E-state index contributed by atoms with van der Waals surface area (Å²) >= 11 is 5.52. The Balaban J connectivity index is 1.79. The topological polar surface area (TPSA) is 36.7 Å². The van der Waals surface area contributed by atoms with E-state index in [4.69, 9.17) is 16.0 Å². The average molecular weight is 243 g/mol. The molecule has 88 valence electrons. The van der Waals surface area contributed by atoms with Gasteiger partial charge in [0.2, 0.25) is 5.91 Å². The molecule has 0 N–H and O–H groups in total. The number of carbonyl (C=O) groups excluding carboxylic acids is 1. The average Bonchev–Trinajstić information content (AvgIpc) is 2.82. The molecule has 1 saturated heterocycles. The number of nitrogens with zero attached hydrogens (tertiary/aromatic N) is 2. The summed E-state index contributed by atoms with van der Waals surface area (Å²) in [7, 11) is 0. The summed E-state index contributed by atoms with van der Waals surface area (Å²) in [6.07, 6.45) is 1.68. The summed E-state index contributed by atoms with van der Waals surface area (Å²) in [5, 5.41) is 0. The molecule has 16 heavy (non-hydrogen) atoms. The lowest BCUT2D eigenvalue weighted by molar-refractivity contribution is -0.130. The second-order valence-electron chi connectivity index (χ2n) is 3.87. The van der Waals surface area contributed by atoms with Crippen molar-refractivity contribution in [3.05, 3.63) is 24.2 Å². The van der Waals surface area contributed by atoms with Crippen molar-refractivity contribution in [1.29, 1.82) is 0 Å². The number of carbonyl (C=O) groups is 1. The van der Waals surface area contributed by atoms with Crippen LogP contribution >= 0.6 is 11.6 Å². The van der Waals surface area contributed by atoms with Crippen LogP contribution in [0.3, 0.4) is 0 Å². The predicted molar refractivity (Wildman–Crippen MR) is 61.3 cm³/mol. The first kappa shape index (κ1) is 11.5. The van der Waals surface area contributed by atoms with E-state index in [0.717, 1.165) is 38.5 Å². The van der Waals surface area contributed by atoms with E-state index in [1.165, 1.54) is 0 Å². The molecule has 0 aromatic carbocycles. The van der Waals surface area contributed by atoms with E-state index in [0.29, 0.717) is 0 Å². The molecule has 2 rings (SSSR count). The molecule has 2 heterocycles. The van der Waals surface area contributed by atoms with Crippen molar-refractivity contribution in [2.75, 3.05) is 32.1 Å². The maximum absolute atomic E-state index is 11.3. The van der Waals surface area contributed by atoms with Crippen LogP contribution in [0.4, 0.5) is 0 Å². The third-order valence-electron chi connectivity index (χ3n) is 2.80. The standard InChI is InChI=1S/C11H15ClN2O2/c12-8-11(15)14-5-3-13(4-6-14)9-10-2-1-7-16-10/h1-2,7H,3-6,8-9H2. The number of hydrogen-bond acceptors (Lipinski definition) is 3. The van der Waals surface area contributed by atoms with Gasteiger partial charge in [0.1, 0.15) is 11.6 Å². The van der Waals surface area contributed by atoms with Crippen LogP contribution in [0.25, 0.3) is 0 Å². The maximum Gasteiger partial charge on any atom is 0.237 e. The molecule has 1 amide bonds. The van der Waals surface area contributed by atoms with Gasteiger partial charge in [0.25, 0.3) is 0 Å². The second-order valence-corrected chi connectivity index (χ2v) is 4.14. The van der Waals surface area contributed by atoms with Crippen molar-refractivity contribution in [2.45, 2.75) is 6.54 Å². The van der Waals surface area contributed by atoms with Crippen LogP contribution in [0.2, 0.25) is 0 Å². The number of rotatable bonds is 3. The smallest absolute Gasteiger partial charge is 0.237 e. The highest BCUT2D eigenvalue weighted by atomic mass is 35.5. The molecule has 0 saturated carbocycles. The minimum Gasteiger partial charge on any atom is -0.468 e. The summed E-state index contributed by atoms with van der Waals surface area (Å²) in [6.45, 7) is 4.08. The first-order valence-electron chi connectivity index (χ1n) is 5.38. The lowest BCUT2D eigenvalue weighted by Gasteiger charge is -2.33. The molecule has 1 aliphatic heterocycles. The van der Waals surface area contributed by atoms with Gasteiger partial charge in [-0.1, -0.05) is 0 Å². The zero-order valence-electron chi connectivity index (χ0n) is 9.06. The highest BCUT2D eigenvalue weighted by molar-refractivity contribution is 6.27. The fourth-order valence-corrected chi connectivity index (χ4v) is 2.03. The van der Waals surface area contributed by atoms with Crippen LogP contribution in [-0.4, -0.2) is 47.8 Å². The third kappa shape index (κ3) is 2.77. The van der Waals surface area contributed by atoms with Crippen LogP contribution in [-0.2, 0) is 11.3 Å². The van der Waals surface area contributed by atoms with Crippen LogP contribution in [0.15, 0.2) is 22.8 Å². The van der Waals surface area contributed by atoms with Gasteiger partial charge in [-0.15, -0.1) is 11.6 Å². The van der Waals surface area contributed by atoms with Crippen LogP contribution in [0.5, 0.6) is 0 Å². The minimum absolute atomic E-state index is 0.0271.